The highest BCUT2D eigenvalue weighted by Gasteiger charge is 2.23. The summed E-state index contributed by atoms with van der Waals surface area (Å²) in [5.41, 5.74) is 1.28. The predicted molar refractivity (Wildman–Crippen MR) is 155 cm³/mol. The number of anilines is 4. The van der Waals surface area contributed by atoms with Crippen molar-refractivity contribution in [1.29, 1.82) is 0 Å². The van der Waals surface area contributed by atoms with Gasteiger partial charge in [-0.25, -0.2) is 0 Å². The van der Waals surface area contributed by atoms with Crippen LogP contribution in [0.4, 0.5) is 23.3 Å². The number of nitrogens with one attached hydrogen (secondary N) is 2. The standard InChI is InChI=1S/C27H40N8OS/c1-22-6-5-10-35(21-22)25-20-24(34-14-12-33(13-15-34)23-7-3-2-4-8-23)29-26(30-25)31-27(37)28-9-11-32-16-18-36-19-17-32/h2-4,7-8,20,22H,5-6,9-19,21H2,1H3,(H2,28,29,30,31,37)/t22-/m1/s1. The number of ether oxygens (including phenoxy) is 1. The molecule has 200 valence electrons. The van der Waals surface area contributed by atoms with Gasteiger partial charge in [0.15, 0.2) is 5.11 Å². The Balaban J connectivity index is 1.25. The maximum absolute atomic E-state index is 5.61. The van der Waals surface area contributed by atoms with E-state index in [1.165, 1.54) is 18.5 Å². The SMILES string of the molecule is C[C@@H]1CCCN(c2cc(N3CCN(c4ccccc4)CC3)nc(NC(=S)NCCN3CCOCC3)n2)C1. The van der Waals surface area contributed by atoms with Crippen LogP contribution in [0.2, 0.25) is 0 Å². The molecule has 2 aromatic rings. The van der Waals surface area contributed by atoms with Crippen LogP contribution in [0.3, 0.4) is 0 Å². The maximum atomic E-state index is 5.61. The van der Waals surface area contributed by atoms with Crippen LogP contribution in [0.25, 0.3) is 0 Å². The van der Waals surface area contributed by atoms with Crippen LogP contribution in [0.1, 0.15) is 19.8 Å². The summed E-state index contributed by atoms with van der Waals surface area (Å²) in [6, 6.07) is 12.8. The molecule has 3 saturated heterocycles. The van der Waals surface area contributed by atoms with E-state index in [0.717, 1.165) is 90.3 Å². The van der Waals surface area contributed by atoms with E-state index in [4.69, 9.17) is 26.9 Å². The van der Waals surface area contributed by atoms with Gasteiger partial charge >= 0.3 is 0 Å². The number of rotatable bonds is 7. The molecule has 0 bridgehead atoms. The average Bonchev–Trinajstić information content (AvgIpc) is 2.94. The van der Waals surface area contributed by atoms with E-state index in [1.54, 1.807) is 0 Å². The van der Waals surface area contributed by atoms with Crippen LogP contribution in [0.15, 0.2) is 36.4 Å². The highest BCUT2D eigenvalue weighted by atomic mass is 32.1. The molecule has 3 aliphatic heterocycles. The van der Waals surface area contributed by atoms with Gasteiger partial charge < -0.3 is 30.1 Å². The van der Waals surface area contributed by atoms with Gasteiger partial charge in [0.25, 0.3) is 0 Å². The number of para-hydroxylation sites is 1. The normalized spacial score (nSPS) is 21.1. The lowest BCUT2D eigenvalue weighted by molar-refractivity contribution is 0.0389. The highest BCUT2D eigenvalue weighted by Crippen LogP contribution is 2.27. The van der Waals surface area contributed by atoms with Gasteiger partial charge in [-0.15, -0.1) is 0 Å². The molecule has 37 heavy (non-hydrogen) atoms. The lowest BCUT2D eigenvalue weighted by Crippen LogP contribution is -2.47. The lowest BCUT2D eigenvalue weighted by atomic mass is 10.0. The first-order valence-corrected chi connectivity index (χ1v) is 14.1. The van der Waals surface area contributed by atoms with Crippen LogP contribution in [0.5, 0.6) is 0 Å². The average molecular weight is 525 g/mol. The molecule has 3 aliphatic rings. The summed E-state index contributed by atoms with van der Waals surface area (Å²) in [5, 5.41) is 7.17. The van der Waals surface area contributed by atoms with Crippen molar-refractivity contribution in [2.75, 3.05) is 98.7 Å². The molecule has 1 atom stereocenters. The van der Waals surface area contributed by atoms with Gasteiger partial charge in [0.2, 0.25) is 5.95 Å². The number of hydrogen-bond donors (Lipinski definition) is 2. The largest absolute Gasteiger partial charge is 0.379 e. The molecule has 3 fully saturated rings. The van der Waals surface area contributed by atoms with E-state index in [2.05, 4.69) is 73.6 Å². The number of piperazine rings is 1. The van der Waals surface area contributed by atoms with Crippen molar-refractivity contribution in [1.82, 2.24) is 20.2 Å². The molecule has 1 aromatic heterocycles. The first-order chi connectivity index (χ1) is 18.1. The number of morpholine rings is 1. The van der Waals surface area contributed by atoms with Gasteiger partial charge in [-0.3, -0.25) is 4.90 Å². The van der Waals surface area contributed by atoms with Gasteiger partial charge in [-0.05, 0) is 43.1 Å². The van der Waals surface area contributed by atoms with E-state index in [9.17, 15) is 0 Å². The van der Waals surface area contributed by atoms with Gasteiger partial charge in [0, 0.05) is 77.2 Å². The van der Waals surface area contributed by atoms with E-state index in [0.29, 0.717) is 17.0 Å². The number of thiocarbonyl (C=S) groups is 1. The Labute approximate surface area is 226 Å². The molecule has 2 N–H and O–H groups in total. The van der Waals surface area contributed by atoms with E-state index >= 15 is 0 Å². The quantitative estimate of drug-likeness (QED) is 0.528. The van der Waals surface area contributed by atoms with Crippen LogP contribution < -0.4 is 25.3 Å². The monoisotopic (exact) mass is 524 g/mol. The molecule has 1 aromatic carbocycles. The molecule has 0 saturated carbocycles. The highest BCUT2D eigenvalue weighted by molar-refractivity contribution is 7.80. The van der Waals surface area contributed by atoms with Gasteiger partial charge in [0.1, 0.15) is 11.6 Å². The topological polar surface area (TPSA) is 72.0 Å². The summed E-state index contributed by atoms with van der Waals surface area (Å²) in [5.74, 6) is 3.19. The Morgan fingerprint density at radius 1 is 0.946 bits per heavy atom. The Kier molecular flexibility index (Phi) is 8.91. The fourth-order valence-electron chi connectivity index (χ4n) is 5.33. The summed E-state index contributed by atoms with van der Waals surface area (Å²) in [6.07, 6.45) is 2.47. The van der Waals surface area contributed by atoms with Crippen molar-refractivity contribution in [2.24, 2.45) is 5.92 Å². The third kappa shape index (κ3) is 7.21. The van der Waals surface area contributed by atoms with E-state index in [-0.39, 0.29) is 0 Å². The van der Waals surface area contributed by atoms with Crippen molar-refractivity contribution in [3.05, 3.63) is 36.4 Å². The van der Waals surface area contributed by atoms with Crippen molar-refractivity contribution in [2.45, 2.75) is 19.8 Å². The first kappa shape index (κ1) is 25.9. The minimum atomic E-state index is 0.567. The second kappa shape index (κ2) is 12.7. The fraction of sp³-hybridized carbons (Fsp3) is 0.593. The molecule has 0 radical (unpaired) electrons. The molecule has 9 nitrogen and oxygen atoms in total. The first-order valence-electron chi connectivity index (χ1n) is 13.7. The maximum Gasteiger partial charge on any atom is 0.232 e. The molecule has 0 unspecified atom stereocenters. The zero-order valence-corrected chi connectivity index (χ0v) is 22.8. The van der Waals surface area contributed by atoms with Crippen LogP contribution in [-0.2, 0) is 4.74 Å². The minimum absolute atomic E-state index is 0.567. The zero-order valence-electron chi connectivity index (χ0n) is 21.9. The molecular formula is C27H40N8OS. The predicted octanol–water partition coefficient (Wildman–Crippen LogP) is 2.66. The molecule has 5 rings (SSSR count). The Hall–Kier alpha value is -2.69. The molecule has 4 heterocycles. The van der Waals surface area contributed by atoms with Crippen LogP contribution in [-0.4, -0.2) is 98.6 Å². The number of aromatic nitrogens is 2. The number of benzene rings is 1. The number of nitrogens with zero attached hydrogens (tertiary/aromatic N) is 6. The Morgan fingerprint density at radius 2 is 1.65 bits per heavy atom. The summed E-state index contributed by atoms with van der Waals surface area (Å²) >= 11 is 5.61. The smallest absolute Gasteiger partial charge is 0.232 e. The van der Waals surface area contributed by atoms with Crippen molar-refractivity contribution in [3.63, 3.8) is 0 Å². The summed E-state index contributed by atoms with van der Waals surface area (Å²) < 4.78 is 5.44. The van der Waals surface area contributed by atoms with Crippen molar-refractivity contribution in [3.8, 4) is 0 Å². The second-order valence-electron chi connectivity index (χ2n) is 10.2. The fourth-order valence-corrected chi connectivity index (χ4v) is 5.52. The minimum Gasteiger partial charge on any atom is -0.379 e. The van der Waals surface area contributed by atoms with Crippen molar-refractivity contribution >= 4 is 40.6 Å². The number of piperidine rings is 1. The van der Waals surface area contributed by atoms with Crippen LogP contribution >= 0.6 is 12.2 Å². The van der Waals surface area contributed by atoms with Gasteiger partial charge in [0.05, 0.1) is 13.2 Å². The molecular weight excluding hydrogens is 484 g/mol. The van der Waals surface area contributed by atoms with E-state index < -0.39 is 0 Å². The number of hydrogen-bond acceptors (Lipinski definition) is 8. The third-order valence-corrected chi connectivity index (χ3v) is 7.69. The summed E-state index contributed by atoms with van der Waals surface area (Å²) in [7, 11) is 0. The molecule has 0 aliphatic carbocycles. The van der Waals surface area contributed by atoms with Crippen molar-refractivity contribution < 1.29 is 4.74 Å². The molecule has 0 spiro atoms. The second-order valence-corrected chi connectivity index (χ2v) is 10.7. The molecule has 0 amide bonds. The van der Waals surface area contributed by atoms with Crippen LogP contribution in [0, 0.1) is 5.92 Å². The third-order valence-electron chi connectivity index (χ3n) is 7.45. The molecule has 10 heteroatoms. The zero-order chi connectivity index (χ0) is 25.5. The summed E-state index contributed by atoms with van der Waals surface area (Å²) in [4.78, 5) is 19.4. The van der Waals surface area contributed by atoms with Gasteiger partial charge in [-0.2, -0.15) is 9.97 Å². The Morgan fingerprint density at radius 3 is 2.38 bits per heavy atom. The lowest BCUT2D eigenvalue weighted by Gasteiger charge is -2.37. The Bertz CT molecular complexity index is 1010. The summed E-state index contributed by atoms with van der Waals surface area (Å²) in [6.45, 7) is 13.4. The van der Waals surface area contributed by atoms with Gasteiger partial charge in [-0.1, -0.05) is 25.1 Å². The van der Waals surface area contributed by atoms with E-state index in [1.807, 2.05) is 0 Å².